The molecule has 0 radical (unpaired) electrons. The van der Waals surface area contributed by atoms with Gasteiger partial charge >= 0.3 is 0 Å². The summed E-state index contributed by atoms with van der Waals surface area (Å²) in [5.41, 5.74) is 21.8. The Labute approximate surface area is 451 Å². The topological polar surface area (TPSA) is 13.0 Å². The minimum atomic E-state index is 1.03. The molecule has 76 heavy (non-hydrogen) atoms. The lowest BCUT2D eigenvalue weighted by Crippen LogP contribution is -2.22. The summed E-state index contributed by atoms with van der Waals surface area (Å²) in [7, 11) is 0. The lowest BCUT2D eigenvalue weighted by molar-refractivity contribution is 0.887. The molecule has 0 fully saturated rings. The highest BCUT2D eigenvalue weighted by Gasteiger charge is 2.21. The molecule has 0 N–H and O–H groups in total. The van der Waals surface area contributed by atoms with Crippen LogP contribution >= 0.6 is 0 Å². The predicted octanol–water partition coefficient (Wildman–Crippen LogP) is 20.0. The van der Waals surface area contributed by atoms with Crippen molar-refractivity contribution in [2.75, 3.05) is 19.6 Å². The van der Waals surface area contributed by atoms with Crippen LogP contribution in [0.1, 0.15) is 77.0 Å². The maximum Gasteiger partial charge on any atom is 0.0461 e. The third-order valence-electron chi connectivity index (χ3n) is 15.2. The maximum absolute atomic E-state index is 2.44. The number of anilines is 6. The fraction of sp³-hybridized carbons (Fsp3) is 0.167. The van der Waals surface area contributed by atoms with E-state index in [2.05, 4.69) is 275 Å². The molecule has 4 nitrogen and oxygen atoms in total. The zero-order chi connectivity index (χ0) is 50.9. The van der Waals surface area contributed by atoms with Crippen molar-refractivity contribution in [3.05, 3.63) is 289 Å². The molecule has 0 saturated heterocycles. The SMILES string of the molecule is C1=CCCC(N(C2=CCCC=C2)c2ccc(-c3ccc(N(C4=CCCC=C4)c4ccc(-c5ccc(N(C6=CCCC=C6)c6ccc(-c7ccc(N(C8=CCCC=C8)C8=CC=CCC8)cc7)cc6)cc5)cc4)cc3)cc2)=C1. The molecule has 0 heterocycles. The number of rotatable bonds is 15. The first-order valence-electron chi connectivity index (χ1n) is 27.7. The molecule has 0 saturated carbocycles. The highest BCUT2D eigenvalue weighted by Crippen LogP contribution is 2.40. The zero-order valence-electron chi connectivity index (χ0n) is 43.5. The van der Waals surface area contributed by atoms with Crippen LogP contribution in [0, 0.1) is 0 Å². The molecule has 6 aliphatic rings. The predicted molar refractivity (Wildman–Crippen MR) is 324 cm³/mol. The van der Waals surface area contributed by atoms with E-state index in [1.54, 1.807) is 0 Å². The van der Waals surface area contributed by atoms with Crippen LogP contribution in [0.2, 0.25) is 0 Å². The second-order valence-electron chi connectivity index (χ2n) is 20.3. The van der Waals surface area contributed by atoms with E-state index < -0.39 is 0 Å². The number of hydrogen-bond donors (Lipinski definition) is 0. The number of hydrogen-bond acceptors (Lipinski definition) is 4. The van der Waals surface area contributed by atoms with E-state index in [9.17, 15) is 0 Å². The van der Waals surface area contributed by atoms with Crippen LogP contribution in [0.4, 0.5) is 34.1 Å². The monoisotopic (exact) mass is 987 g/mol. The number of allylic oxidation sites excluding steroid dienone is 20. The van der Waals surface area contributed by atoms with Gasteiger partial charge in [0.05, 0.1) is 0 Å². The second-order valence-corrected chi connectivity index (χ2v) is 20.3. The van der Waals surface area contributed by atoms with Crippen molar-refractivity contribution in [2.45, 2.75) is 77.0 Å². The summed E-state index contributed by atoms with van der Waals surface area (Å²) in [6.45, 7) is 0. The van der Waals surface area contributed by atoms with E-state index >= 15 is 0 Å². The molecule has 0 spiro atoms. The van der Waals surface area contributed by atoms with Crippen LogP contribution < -0.4 is 19.6 Å². The lowest BCUT2D eigenvalue weighted by Gasteiger charge is -2.31. The molecular formula is C72H66N4. The van der Waals surface area contributed by atoms with Gasteiger partial charge in [-0.25, -0.2) is 0 Å². The van der Waals surface area contributed by atoms with E-state index in [0.717, 1.165) is 99.8 Å². The molecule has 6 aromatic rings. The number of benzene rings is 6. The molecule has 6 aromatic carbocycles. The van der Waals surface area contributed by atoms with Gasteiger partial charge < -0.3 is 19.6 Å². The Morgan fingerprint density at radius 2 is 0.461 bits per heavy atom. The molecule has 0 unspecified atom stereocenters. The molecule has 0 aliphatic heterocycles. The Balaban J connectivity index is 0.763. The van der Waals surface area contributed by atoms with Gasteiger partial charge in [-0.3, -0.25) is 0 Å². The first-order chi connectivity index (χ1) is 37.7. The molecule has 12 rings (SSSR count). The van der Waals surface area contributed by atoms with Gasteiger partial charge in [0, 0.05) is 68.3 Å². The normalized spacial score (nSPS) is 16.7. The van der Waals surface area contributed by atoms with Gasteiger partial charge in [-0.1, -0.05) is 146 Å². The molecule has 6 aliphatic carbocycles. The van der Waals surface area contributed by atoms with Crippen molar-refractivity contribution >= 4 is 34.1 Å². The van der Waals surface area contributed by atoms with Crippen LogP contribution in [0.3, 0.4) is 0 Å². The number of nitrogens with zero attached hydrogens (tertiary/aromatic N) is 4. The summed E-state index contributed by atoms with van der Waals surface area (Å²) in [4.78, 5) is 9.66. The van der Waals surface area contributed by atoms with Gasteiger partial charge in [-0.05, 0) is 220 Å². The van der Waals surface area contributed by atoms with Crippen LogP contribution in [-0.2, 0) is 0 Å². The van der Waals surface area contributed by atoms with Gasteiger partial charge in [0.25, 0.3) is 0 Å². The van der Waals surface area contributed by atoms with Crippen molar-refractivity contribution in [1.29, 1.82) is 0 Å². The molecule has 4 heteroatoms. The first kappa shape index (κ1) is 48.3. The van der Waals surface area contributed by atoms with E-state index in [1.807, 2.05) is 0 Å². The minimum absolute atomic E-state index is 1.03. The van der Waals surface area contributed by atoms with Crippen LogP contribution in [0.15, 0.2) is 289 Å². The van der Waals surface area contributed by atoms with Gasteiger partial charge in [0.1, 0.15) is 0 Å². The standard InChI is InChI=1S/C72H66N4/c1-7-19-61(20-8-1)73(62-21-9-2-10-22-62)67-43-31-55(32-44-67)57-35-47-69(48-36-57)75(65-27-15-5-16-28-65)71-51-39-59(40-52-71)60-41-53-72(54-42-60)76(66-29-17-6-18-30-66)70-49-37-58(38-50-70)56-33-45-68(46-34-56)74(63-23-11-3-12-24-63)64-25-13-4-14-26-64/h1,3,7,9,11,13,15,17,19,21-23,25-54H,2,4-6,8,10,12,14,16,18,20,24H2. The highest BCUT2D eigenvalue weighted by molar-refractivity contribution is 5.80. The van der Waals surface area contributed by atoms with Crippen molar-refractivity contribution < 1.29 is 0 Å². The third-order valence-corrected chi connectivity index (χ3v) is 15.2. The highest BCUT2D eigenvalue weighted by atomic mass is 15.2. The largest absolute Gasteiger partial charge is 0.315 e. The molecule has 0 aromatic heterocycles. The summed E-state index contributed by atoms with van der Waals surface area (Å²) in [5.74, 6) is 0. The summed E-state index contributed by atoms with van der Waals surface area (Å²) in [6, 6.07) is 54.5. The first-order valence-corrected chi connectivity index (χ1v) is 27.7. The quantitative estimate of drug-likeness (QED) is 0.102. The molecular weight excluding hydrogens is 921 g/mol. The van der Waals surface area contributed by atoms with E-state index in [4.69, 9.17) is 0 Å². The Kier molecular flexibility index (Phi) is 14.6. The fourth-order valence-electron chi connectivity index (χ4n) is 11.3. The van der Waals surface area contributed by atoms with Crippen LogP contribution in [0.25, 0.3) is 33.4 Å². The van der Waals surface area contributed by atoms with Crippen LogP contribution in [-0.4, -0.2) is 0 Å². The van der Waals surface area contributed by atoms with Gasteiger partial charge in [-0.2, -0.15) is 0 Å². The zero-order valence-corrected chi connectivity index (χ0v) is 43.5. The average Bonchev–Trinajstić information content (AvgIpc) is 3.50. The summed E-state index contributed by atoms with van der Waals surface area (Å²) >= 11 is 0. The Morgan fingerprint density at radius 3 is 0.671 bits per heavy atom. The lowest BCUT2D eigenvalue weighted by atomic mass is 10.0. The van der Waals surface area contributed by atoms with Crippen molar-refractivity contribution in [3.8, 4) is 33.4 Å². The van der Waals surface area contributed by atoms with Crippen molar-refractivity contribution in [1.82, 2.24) is 0 Å². The maximum atomic E-state index is 2.44. The summed E-state index contributed by atoms with van der Waals surface area (Å²) in [6.07, 6.45) is 54.0. The Hall–Kier alpha value is -8.60. The van der Waals surface area contributed by atoms with E-state index in [-0.39, 0.29) is 0 Å². The second kappa shape index (κ2) is 22.9. The fourth-order valence-corrected chi connectivity index (χ4v) is 11.3. The molecule has 374 valence electrons. The Morgan fingerprint density at radius 1 is 0.224 bits per heavy atom. The van der Waals surface area contributed by atoms with Gasteiger partial charge in [0.2, 0.25) is 0 Å². The molecule has 0 bridgehead atoms. The average molecular weight is 987 g/mol. The smallest absolute Gasteiger partial charge is 0.0461 e. The third kappa shape index (κ3) is 10.7. The Bertz CT molecular complexity index is 3190. The van der Waals surface area contributed by atoms with Gasteiger partial charge in [-0.15, -0.1) is 0 Å². The van der Waals surface area contributed by atoms with E-state index in [0.29, 0.717) is 0 Å². The van der Waals surface area contributed by atoms with Crippen molar-refractivity contribution in [2.24, 2.45) is 0 Å². The van der Waals surface area contributed by atoms with Crippen LogP contribution in [0.5, 0.6) is 0 Å². The van der Waals surface area contributed by atoms with Gasteiger partial charge in [0.15, 0.2) is 0 Å². The molecule has 0 atom stereocenters. The summed E-state index contributed by atoms with van der Waals surface area (Å²) < 4.78 is 0. The minimum Gasteiger partial charge on any atom is -0.315 e. The van der Waals surface area contributed by atoms with E-state index in [1.165, 1.54) is 78.9 Å². The molecule has 0 amide bonds. The van der Waals surface area contributed by atoms with Crippen molar-refractivity contribution in [3.63, 3.8) is 0 Å². The summed E-state index contributed by atoms with van der Waals surface area (Å²) in [5, 5.41) is 0.